The Balaban J connectivity index is 0.000000400. The summed E-state index contributed by atoms with van der Waals surface area (Å²) in [5.74, 6) is -0.285. The number of esters is 2. The number of carbonyl (C=O) groups excluding carboxylic acids is 4. The van der Waals surface area contributed by atoms with E-state index in [0.717, 1.165) is 83.5 Å². The van der Waals surface area contributed by atoms with E-state index in [1.807, 2.05) is 92.8 Å². The van der Waals surface area contributed by atoms with E-state index >= 15 is 0 Å². The number of aryl methyl sites for hydroxylation is 2. The molecule has 13 heteroatoms. The molecule has 0 spiro atoms. The highest BCUT2D eigenvalue weighted by atomic mass is 35.5. The van der Waals surface area contributed by atoms with Gasteiger partial charge in [0.05, 0.1) is 24.4 Å². The van der Waals surface area contributed by atoms with Crippen molar-refractivity contribution in [1.29, 1.82) is 0 Å². The van der Waals surface area contributed by atoms with Gasteiger partial charge in [-0.1, -0.05) is 130 Å². The second-order valence-electron chi connectivity index (χ2n) is 20.5. The molecule has 2 aromatic carbocycles. The van der Waals surface area contributed by atoms with Crippen molar-refractivity contribution in [2.45, 2.75) is 205 Å². The zero-order valence-corrected chi connectivity index (χ0v) is 46.9. The van der Waals surface area contributed by atoms with Gasteiger partial charge in [0.15, 0.2) is 0 Å². The van der Waals surface area contributed by atoms with Crippen LogP contribution in [0.5, 0.6) is 0 Å². The van der Waals surface area contributed by atoms with Crippen molar-refractivity contribution in [2.75, 3.05) is 19.0 Å². The van der Waals surface area contributed by atoms with E-state index < -0.39 is 30.5 Å². The highest BCUT2D eigenvalue weighted by Crippen LogP contribution is 2.38. The van der Waals surface area contributed by atoms with Gasteiger partial charge in [0.2, 0.25) is 11.8 Å². The van der Waals surface area contributed by atoms with Gasteiger partial charge in [-0.05, 0) is 132 Å². The van der Waals surface area contributed by atoms with Crippen molar-refractivity contribution in [3.8, 4) is 0 Å². The third kappa shape index (κ3) is 28.2. The second kappa shape index (κ2) is 40.6. The summed E-state index contributed by atoms with van der Waals surface area (Å²) in [4.78, 5) is 48.2. The van der Waals surface area contributed by atoms with Crippen molar-refractivity contribution in [2.24, 2.45) is 23.7 Å². The van der Waals surface area contributed by atoms with Crippen molar-refractivity contribution in [3.05, 3.63) is 120 Å². The summed E-state index contributed by atoms with van der Waals surface area (Å²) in [5.41, 5.74) is 2.37. The van der Waals surface area contributed by atoms with Crippen LogP contribution in [0, 0.1) is 23.7 Å². The molecule has 424 valence electrons. The van der Waals surface area contributed by atoms with Gasteiger partial charge in [0.1, 0.15) is 12.2 Å². The smallest absolute Gasteiger partial charge is 0.306 e. The minimum atomic E-state index is -0.640. The number of hydrogen-bond donors (Lipinski definition) is 6. The van der Waals surface area contributed by atoms with E-state index in [9.17, 15) is 39.6 Å². The fraction of sp³-hybridized carbons (Fsp3) is 0.619. The van der Waals surface area contributed by atoms with Crippen LogP contribution in [0.1, 0.15) is 167 Å². The number of carbonyl (C=O) groups is 4. The summed E-state index contributed by atoms with van der Waals surface area (Å²) in [5, 5.41) is 48.1. The highest BCUT2D eigenvalue weighted by Gasteiger charge is 2.40. The van der Waals surface area contributed by atoms with Crippen LogP contribution in [0.25, 0.3) is 0 Å². The van der Waals surface area contributed by atoms with E-state index in [0.29, 0.717) is 83.2 Å². The lowest BCUT2D eigenvalue weighted by atomic mass is 9.89. The number of aliphatic hydroxyl groups excluding tert-OH is 4. The van der Waals surface area contributed by atoms with Crippen LogP contribution < -0.4 is 10.6 Å². The first kappa shape index (κ1) is 65.7. The van der Waals surface area contributed by atoms with E-state index in [1.54, 1.807) is 0 Å². The number of unbranched alkanes of at least 4 members (excludes halogenated alkanes) is 7. The summed E-state index contributed by atoms with van der Waals surface area (Å²) in [6.07, 6.45) is 29.2. The topological polar surface area (TPSA) is 192 Å². The van der Waals surface area contributed by atoms with Gasteiger partial charge in [0.25, 0.3) is 0 Å². The van der Waals surface area contributed by atoms with Gasteiger partial charge < -0.3 is 40.5 Å². The molecule has 6 N–H and O–H groups in total. The van der Waals surface area contributed by atoms with E-state index in [1.165, 1.54) is 11.1 Å². The SMILES string of the molecule is CCCCCCC(=O)O[C@H](/C=C/[C@@H]1[C@@H](C/C=C\CCCC(=O)NCC)[C@@H](O)C[C@H]1O)CCc1ccccc1.CCNC(=O)CCC/C=C\C[C@@H]1[C@@H](/C=C/[C@H](CCc2ccccc2)OC(=O)CCCCCCl)[C@H](O)C[C@@H]1O. The van der Waals surface area contributed by atoms with Gasteiger partial charge >= 0.3 is 11.9 Å². The van der Waals surface area contributed by atoms with Gasteiger partial charge in [0, 0.05) is 69.3 Å². The van der Waals surface area contributed by atoms with Gasteiger partial charge in [-0.2, -0.15) is 0 Å². The molecule has 0 aliphatic heterocycles. The minimum absolute atomic E-state index is 0.0678. The number of alkyl halides is 1. The standard InChI is InChI=1S/C32H49NO5.C31H46ClNO5/c1-3-5-6-14-19-32(37)38-26(21-20-25-15-10-9-11-16-25)22-23-28-27(29(34)24-30(28)35)17-12-7-8-13-18-31(36)33-4-2;1-2-33-30(36)16-10-4-3-9-15-26-27(29(35)23-28(26)34)21-20-25(19-18-24-13-7-5-8-14-24)38-31(37)17-11-6-12-22-32/h7,9-12,15-16,22-23,26-30,34-35H,3-6,8,13-14,17-21,24H2,1-2H3,(H,33,36);3,5,7-9,13-14,20-21,25-29,34-35H,2,4,6,10-12,15-19,22-23H2,1H3,(H,33,36)/b12-7-,23-22+;9-3-,21-20+/t26-,27+,28+,29-,30+;25-,26+,27+,28-,29+/m00/s1. The van der Waals surface area contributed by atoms with Crippen molar-refractivity contribution < 1.29 is 49.1 Å². The summed E-state index contributed by atoms with van der Waals surface area (Å²) in [6, 6.07) is 20.2. The lowest BCUT2D eigenvalue weighted by Crippen LogP contribution is -2.22. The maximum atomic E-state index is 12.5. The molecule has 0 saturated heterocycles. The molecular weight excluding hydrogens is 980 g/mol. The third-order valence-corrected chi connectivity index (χ3v) is 14.6. The Hall–Kier alpha value is -4.59. The summed E-state index contributed by atoms with van der Waals surface area (Å²) in [7, 11) is 0. The first-order valence-electron chi connectivity index (χ1n) is 28.8. The fourth-order valence-corrected chi connectivity index (χ4v) is 10.2. The molecule has 0 radical (unpaired) electrons. The molecule has 2 amide bonds. The molecule has 12 nitrogen and oxygen atoms in total. The minimum Gasteiger partial charge on any atom is -0.458 e. The molecule has 10 atom stereocenters. The Bertz CT molecular complexity index is 1850. The molecular formula is C63H95ClN2O10. The first-order chi connectivity index (χ1) is 36.9. The number of allylic oxidation sites excluding steroid dienone is 4. The number of rotatable bonds is 36. The van der Waals surface area contributed by atoms with E-state index in [-0.39, 0.29) is 53.5 Å². The lowest BCUT2D eigenvalue weighted by Gasteiger charge is -2.21. The van der Waals surface area contributed by atoms with Crippen molar-refractivity contribution >= 4 is 35.4 Å². The average Bonchev–Trinajstić information content (AvgIpc) is 3.84. The molecule has 2 aliphatic carbocycles. The third-order valence-electron chi connectivity index (χ3n) is 14.3. The molecule has 2 aliphatic rings. The first-order valence-corrected chi connectivity index (χ1v) is 29.4. The van der Waals surface area contributed by atoms with E-state index in [2.05, 4.69) is 47.9 Å². The molecule has 4 rings (SSSR count). The van der Waals surface area contributed by atoms with Crippen LogP contribution in [0.3, 0.4) is 0 Å². The van der Waals surface area contributed by atoms with Crippen molar-refractivity contribution in [3.63, 3.8) is 0 Å². The Morgan fingerprint density at radius 2 is 0.974 bits per heavy atom. The van der Waals surface area contributed by atoms with Gasteiger partial charge in [-0.3, -0.25) is 19.2 Å². The predicted molar refractivity (Wildman–Crippen MR) is 305 cm³/mol. The van der Waals surface area contributed by atoms with Gasteiger partial charge in [-0.15, -0.1) is 11.6 Å². The summed E-state index contributed by atoms with van der Waals surface area (Å²) < 4.78 is 11.7. The number of ether oxygens (including phenoxy) is 2. The van der Waals surface area contributed by atoms with Crippen LogP contribution in [0.15, 0.2) is 109 Å². The number of halogens is 1. The average molecular weight is 1080 g/mol. The number of nitrogens with one attached hydrogen (secondary N) is 2. The largest absolute Gasteiger partial charge is 0.458 e. The quantitative estimate of drug-likeness (QED) is 0.0166. The number of aliphatic hydroxyl groups is 4. The van der Waals surface area contributed by atoms with Crippen LogP contribution in [-0.2, 0) is 41.5 Å². The molecule has 2 saturated carbocycles. The number of hydrogen-bond acceptors (Lipinski definition) is 10. The Morgan fingerprint density at radius 3 is 1.37 bits per heavy atom. The maximum absolute atomic E-state index is 12.5. The zero-order chi connectivity index (χ0) is 55.2. The molecule has 76 heavy (non-hydrogen) atoms. The molecule has 2 fully saturated rings. The molecule has 0 unspecified atom stereocenters. The predicted octanol–water partition coefficient (Wildman–Crippen LogP) is 11.2. The maximum Gasteiger partial charge on any atom is 0.306 e. The zero-order valence-electron chi connectivity index (χ0n) is 46.2. The molecule has 0 heterocycles. The Kier molecular flexibility index (Phi) is 35.1. The molecule has 0 aromatic heterocycles. The highest BCUT2D eigenvalue weighted by molar-refractivity contribution is 6.17. The second-order valence-corrected chi connectivity index (χ2v) is 20.9. The van der Waals surface area contributed by atoms with Crippen LogP contribution in [0.4, 0.5) is 0 Å². The Labute approximate surface area is 461 Å². The van der Waals surface area contributed by atoms with Crippen LogP contribution >= 0.6 is 11.6 Å². The Morgan fingerprint density at radius 1 is 0.553 bits per heavy atom. The van der Waals surface area contributed by atoms with Gasteiger partial charge in [-0.25, -0.2) is 0 Å². The van der Waals surface area contributed by atoms with Crippen LogP contribution in [-0.4, -0.2) is 99.8 Å². The van der Waals surface area contributed by atoms with Crippen molar-refractivity contribution in [1.82, 2.24) is 10.6 Å². The monoisotopic (exact) mass is 1070 g/mol. The van der Waals surface area contributed by atoms with Crippen LogP contribution in [0.2, 0.25) is 0 Å². The number of benzene rings is 2. The summed E-state index contributed by atoms with van der Waals surface area (Å²) >= 11 is 5.73. The lowest BCUT2D eigenvalue weighted by molar-refractivity contribution is -0.148. The normalized spacial score (nSPS) is 22.2. The molecule has 0 bridgehead atoms. The summed E-state index contributed by atoms with van der Waals surface area (Å²) in [6.45, 7) is 7.26. The van der Waals surface area contributed by atoms with E-state index in [4.69, 9.17) is 21.1 Å². The number of amides is 2. The molecule has 2 aromatic rings. The fourth-order valence-electron chi connectivity index (χ4n) is 9.98.